The SMILES string of the molecule is NC(=NCCCC(NC(=O)OCc1ccccc1)C(=O)NC1C(CO)OC(n2cnc3c(N)ncnc32)C1O)N[N+](=O)O. The van der Waals surface area contributed by atoms with Gasteiger partial charge in [0.2, 0.25) is 5.91 Å². The van der Waals surface area contributed by atoms with Crippen LogP contribution in [0.3, 0.4) is 0 Å². The van der Waals surface area contributed by atoms with E-state index in [1.165, 1.54) is 17.2 Å². The molecule has 1 aliphatic rings. The Hall–Kier alpha value is -5.14. The first-order valence-corrected chi connectivity index (χ1v) is 13.1. The molecule has 19 heteroatoms. The van der Waals surface area contributed by atoms with Crippen LogP contribution in [0.1, 0.15) is 24.6 Å². The number of carbonyl (C=O) groups is 2. The number of anilines is 1. The van der Waals surface area contributed by atoms with Crippen molar-refractivity contribution in [1.29, 1.82) is 0 Å². The number of guanidine groups is 1. The molecule has 230 valence electrons. The Bertz CT molecular complexity index is 1450. The summed E-state index contributed by atoms with van der Waals surface area (Å²) >= 11 is 0. The maximum absolute atomic E-state index is 13.4. The first-order valence-electron chi connectivity index (χ1n) is 13.1. The van der Waals surface area contributed by atoms with E-state index in [0.717, 1.165) is 5.56 Å². The van der Waals surface area contributed by atoms with Crippen LogP contribution >= 0.6 is 0 Å². The number of hydrogen-bond acceptors (Lipinski definition) is 12. The number of aliphatic imine (C=N–C) groups is 1. The highest BCUT2D eigenvalue weighted by Crippen LogP contribution is 2.32. The lowest BCUT2D eigenvalue weighted by Gasteiger charge is -2.24. The Kier molecular flexibility index (Phi) is 10.1. The lowest BCUT2D eigenvalue weighted by molar-refractivity contribution is -0.822. The molecule has 19 nitrogen and oxygen atoms in total. The summed E-state index contributed by atoms with van der Waals surface area (Å²) < 4.78 is 12.5. The third-order valence-corrected chi connectivity index (χ3v) is 6.49. The van der Waals surface area contributed by atoms with E-state index in [-0.39, 0.29) is 48.9 Å². The van der Waals surface area contributed by atoms with Gasteiger partial charge in [-0.15, -0.1) is 0 Å². The maximum atomic E-state index is 13.4. The summed E-state index contributed by atoms with van der Waals surface area (Å²) in [5, 5.41) is 34.3. The number of nitrogens with two attached hydrogens (primary N) is 2. The van der Waals surface area contributed by atoms with Gasteiger partial charge in [0.1, 0.15) is 41.6 Å². The van der Waals surface area contributed by atoms with Crippen LogP contribution in [0.4, 0.5) is 10.6 Å². The lowest BCUT2D eigenvalue weighted by atomic mass is 10.1. The first-order chi connectivity index (χ1) is 20.7. The number of ether oxygens (including phenoxy) is 2. The molecular weight excluding hydrogens is 570 g/mol. The summed E-state index contributed by atoms with van der Waals surface area (Å²) in [6, 6.07) is 6.63. The third kappa shape index (κ3) is 7.78. The van der Waals surface area contributed by atoms with E-state index in [2.05, 4.69) is 30.6 Å². The van der Waals surface area contributed by atoms with Gasteiger partial charge in [0, 0.05) is 6.54 Å². The Balaban J connectivity index is 1.45. The van der Waals surface area contributed by atoms with Crippen molar-refractivity contribution in [2.24, 2.45) is 10.7 Å². The quantitative estimate of drug-likeness (QED) is 0.0492. The minimum absolute atomic E-state index is 0.0202. The topological polar surface area (TPSA) is 277 Å². The molecule has 0 aliphatic carbocycles. The number of hydrogen-bond donors (Lipinski definition) is 8. The fraction of sp³-hybridized carbons (Fsp3) is 0.417. The fourth-order valence-corrected chi connectivity index (χ4v) is 4.43. The van der Waals surface area contributed by atoms with Crippen molar-refractivity contribution in [3.63, 3.8) is 0 Å². The zero-order valence-corrected chi connectivity index (χ0v) is 22.7. The summed E-state index contributed by atoms with van der Waals surface area (Å²) in [6.07, 6.45) is -1.58. The van der Waals surface area contributed by atoms with Crippen molar-refractivity contribution in [3.05, 3.63) is 53.5 Å². The molecule has 1 saturated heterocycles. The maximum Gasteiger partial charge on any atom is 0.408 e. The largest absolute Gasteiger partial charge is 0.445 e. The number of rotatable bonds is 12. The zero-order chi connectivity index (χ0) is 30.9. The molecule has 4 rings (SSSR count). The van der Waals surface area contributed by atoms with E-state index in [1.54, 1.807) is 24.3 Å². The monoisotopic (exact) mass is 602 g/mol. The van der Waals surface area contributed by atoms with Gasteiger partial charge in [0.05, 0.1) is 19.0 Å². The van der Waals surface area contributed by atoms with Crippen LogP contribution in [-0.4, -0.2) is 95.4 Å². The number of benzene rings is 1. The van der Waals surface area contributed by atoms with Crippen LogP contribution in [0.25, 0.3) is 11.2 Å². The van der Waals surface area contributed by atoms with Gasteiger partial charge >= 0.3 is 11.1 Å². The summed E-state index contributed by atoms with van der Waals surface area (Å²) in [4.78, 5) is 52.6. The smallest absolute Gasteiger partial charge is 0.408 e. The standard InChI is InChI=1S/C24H31N11O8/c25-19-17-20(29-11-28-19)34(12-30-17)22-18(37)16(15(9-36)43-22)32-21(38)14(7-4-8-27-23(26)33-35(40)41)31-24(39)42-10-13-5-2-1-3-6-13/h1-3,5-6,11-12,14-16,18,22,36-37H,4,7-10H2,(H7-,25,26,27,28,29,31,32,33,38,39,40,41)/p+1. The van der Waals surface area contributed by atoms with Crippen LogP contribution in [0.2, 0.25) is 0 Å². The van der Waals surface area contributed by atoms with Gasteiger partial charge in [0.15, 0.2) is 17.7 Å². The second-order valence-corrected chi connectivity index (χ2v) is 9.41. The third-order valence-electron chi connectivity index (χ3n) is 6.49. The molecule has 1 aromatic carbocycles. The Morgan fingerprint density at radius 3 is 2.72 bits per heavy atom. The molecule has 10 N–H and O–H groups in total. The molecule has 5 atom stereocenters. The average molecular weight is 603 g/mol. The summed E-state index contributed by atoms with van der Waals surface area (Å²) in [7, 11) is 0. The van der Waals surface area contributed by atoms with Crippen LogP contribution in [-0.2, 0) is 20.9 Å². The van der Waals surface area contributed by atoms with Gasteiger partial charge in [-0.25, -0.2) is 29.9 Å². The molecule has 0 bridgehead atoms. The number of fused-ring (bicyclic) bond motifs is 1. The minimum Gasteiger partial charge on any atom is -0.445 e. The van der Waals surface area contributed by atoms with Crippen molar-refractivity contribution in [3.8, 4) is 0 Å². The number of alkyl carbamates (subject to hydrolysis) is 1. The number of nitrogens with zero attached hydrogens (tertiary/aromatic N) is 6. The molecular formula is C24H32N11O8+. The highest BCUT2D eigenvalue weighted by Gasteiger charge is 2.46. The van der Waals surface area contributed by atoms with Gasteiger partial charge in [-0.1, -0.05) is 30.3 Å². The number of aliphatic hydroxyl groups is 2. The summed E-state index contributed by atoms with van der Waals surface area (Å²) in [5.74, 6) is -0.950. The number of aliphatic hydroxyl groups excluding tert-OH is 2. The Labute approximate surface area is 243 Å². The van der Waals surface area contributed by atoms with Crippen LogP contribution in [0.5, 0.6) is 0 Å². The molecule has 0 radical (unpaired) electrons. The van der Waals surface area contributed by atoms with E-state index in [4.69, 9.17) is 26.1 Å². The van der Waals surface area contributed by atoms with Gasteiger partial charge in [-0.3, -0.25) is 9.36 Å². The first kappa shape index (κ1) is 30.8. The highest BCUT2D eigenvalue weighted by atomic mass is 16.7. The van der Waals surface area contributed by atoms with Gasteiger partial charge in [-0.2, -0.15) is 0 Å². The van der Waals surface area contributed by atoms with Crippen molar-refractivity contribution >= 4 is 34.9 Å². The number of nitrogens with one attached hydrogen (secondary N) is 3. The van der Waals surface area contributed by atoms with E-state index in [0.29, 0.717) is 0 Å². The molecule has 3 heterocycles. The van der Waals surface area contributed by atoms with Gasteiger partial charge in [0.25, 0.3) is 5.96 Å². The number of hydrazine groups is 1. The van der Waals surface area contributed by atoms with Crippen LogP contribution in [0.15, 0.2) is 48.0 Å². The lowest BCUT2D eigenvalue weighted by Crippen LogP contribution is -2.55. The second kappa shape index (κ2) is 14.2. The van der Waals surface area contributed by atoms with E-state index in [9.17, 15) is 24.7 Å². The van der Waals surface area contributed by atoms with Crippen molar-refractivity contribution in [2.45, 2.75) is 50.0 Å². The van der Waals surface area contributed by atoms with Crippen molar-refractivity contribution in [1.82, 2.24) is 35.6 Å². The number of imidazole rings is 1. The van der Waals surface area contributed by atoms with Gasteiger partial charge in [-0.05, 0) is 23.8 Å². The molecule has 5 unspecified atom stereocenters. The minimum atomic E-state index is -1.37. The number of aromatic nitrogens is 4. The van der Waals surface area contributed by atoms with Crippen molar-refractivity contribution in [2.75, 3.05) is 18.9 Å². The predicted molar refractivity (Wildman–Crippen MR) is 146 cm³/mol. The normalized spacial score (nSPS) is 20.8. The highest BCUT2D eigenvalue weighted by molar-refractivity contribution is 5.86. The van der Waals surface area contributed by atoms with E-state index in [1.807, 2.05) is 11.5 Å². The van der Waals surface area contributed by atoms with Crippen LogP contribution in [0, 0.1) is 4.91 Å². The molecule has 1 aliphatic heterocycles. The molecule has 43 heavy (non-hydrogen) atoms. The second-order valence-electron chi connectivity index (χ2n) is 9.41. The Morgan fingerprint density at radius 1 is 1.23 bits per heavy atom. The Morgan fingerprint density at radius 2 is 2.00 bits per heavy atom. The zero-order valence-electron chi connectivity index (χ0n) is 22.7. The molecule has 1 fully saturated rings. The molecule has 3 aromatic rings. The summed E-state index contributed by atoms with van der Waals surface area (Å²) in [5.41, 5.74) is 14.4. The summed E-state index contributed by atoms with van der Waals surface area (Å²) in [6.45, 7) is -0.578. The number of nitrogen functional groups attached to an aromatic ring is 1. The van der Waals surface area contributed by atoms with Crippen LogP contribution < -0.4 is 27.5 Å². The van der Waals surface area contributed by atoms with E-state index < -0.39 is 54.2 Å². The predicted octanol–water partition coefficient (Wildman–Crippen LogP) is -1.79. The van der Waals surface area contributed by atoms with Crippen molar-refractivity contribution < 1.29 is 39.5 Å². The van der Waals surface area contributed by atoms with Gasteiger partial charge < -0.3 is 41.8 Å². The molecule has 0 saturated carbocycles. The number of amides is 2. The van der Waals surface area contributed by atoms with E-state index >= 15 is 0 Å². The molecule has 0 spiro atoms. The molecule has 2 amide bonds. The average Bonchev–Trinajstić information content (AvgIpc) is 3.55. The number of carbonyl (C=O) groups excluding carboxylic acids is 2. The fourth-order valence-electron chi connectivity index (χ4n) is 4.43. The molecule has 2 aromatic heterocycles.